The summed E-state index contributed by atoms with van der Waals surface area (Å²) in [6.45, 7) is 18.9. The van der Waals surface area contributed by atoms with E-state index in [0.29, 0.717) is 57.4 Å². The number of nitrogens with one attached hydrogen (secondary N) is 1. The topological polar surface area (TPSA) is 170 Å². The number of rotatable bonds is 12. The minimum Gasteiger partial charge on any atom is -0.458 e. The molecule has 2 unspecified atom stereocenters. The number of unbranched alkanes of at least 4 members (excludes halogenated alkanes) is 1. The highest BCUT2D eigenvalue weighted by Gasteiger charge is 2.58. The lowest BCUT2D eigenvalue weighted by molar-refractivity contribution is -0.278. The molecule has 2 aromatic heterocycles. The number of ether oxygens (including phenoxy) is 4. The summed E-state index contributed by atoms with van der Waals surface area (Å²) in [4.78, 5) is 50.2. The number of aromatic nitrogens is 4. The van der Waals surface area contributed by atoms with Gasteiger partial charge in [0.25, 0.3) is 0 Å². The van der Waals surface area contributed by atoms with E-state index in [4.69, 9.17) is 18.9 Å². The molecule has 15 nitrogen and oxygen atoms in total. The van der Waals surface area contributed by atoms with Crippen molar-refractivity contribution < 1.29 is 38.4 Å². The second kappa shape index (κ2) is 20.0. The lowest BCUT2D eigenvalue weighted by Crippen LogP contribution is -2.60. The number of Topliss-reactive ketones (excluding diaryl/α,β-unsaturated/α-hetero) is 1. The van der Waals surface area contributed by atoms with Crippen LogP contribution in [-0.4, -0.2) is 134 Å². The van der Waals surface area contributed by atoms with Crippen LogP contribution in [0.2, 0.25) is 0 Å². The van der Waals surface area contributed by atoms with Crippen molar-refractivity contribution in [1.82, 2.24) is 35.1 Å². The number of allylic oxidation sites excluding steroid dienone is 1. The Kier molecular flexibility index (Phi) is 15.6. The van der Waals surface area contributed by atoms with Gasteiger partial charge in [0.15, 0.2) is 17.7 Å². The van der Waals surface area contributed by atoms with Crippen LogP contribution in [0.3, 0.4) is 0 Å². The highest BCUT2D eigenvalue weighted by Crippen LogP contribution is 2.39. The van der Waals surface area contributed by atoms with Crippen LogP contribution < -0.4 is 5.32 Å². The molecular weight excluding hydrogens is 743 g/mol. The van der Waals surface area contributed by atoms with E-state index in [2.05, 4.69) is 34.1 Å². The number of pyridine rings is 1. The number of nitrogens with zero attached hydrogens (tertiary/aromatic N) is 6. The van der Waals surface area contributed by atoms with Gasteiger partial charge in [-0.1, -0.05) is 38.1 Å². The number of carbonyl (C=O) groups is 3. The van der Waals surface area contributed by atoms with Crippen LogP contribution in [0.15, 0.2) is 43.2 Å². The van der Waals surface area contributed by atoms with E-state index in [1.165, 1.54) is 0 Å². The number of amides is 1. The van der Waals surface area contributed by atoms with Crippen LogP contribution in [-0.2, 0) is 35.1 Å². The third kappa shape index (κ3) is 10.3. The molecule has 3 fully saturated rings. The highest BCUT2D eigenvalue weighted by atomic mass is 16.7. The van der Waals surface area contributed by atoms with Gasteiger partial charge in [-0.05, 0) is 111 Å². The minimum absolute atomic E-state index is 0.102. The van der Waals surface area contributed by atoms with Crippen molar-refractivity contribution in [3.63, 3.8) is 0 Å². The Balaban J connectivity index is 1.37. The van der Waals surface area contributed by atoms with Gasteiger partial charge in [0.05, 0.1) is 30.1 Å². The van der Waals surface area contributed by atoms with Crippen molar-refractivity contribution in [2.24, 2.45) is 23.7 Å². The monoisotopic (exact) mass is 810 g/mol. The lowest BCUT2D eigenvalue weighted by atomic mass is 9.79. The molecule has 0 aliphatic carbocycles. The number of likely N-dealkylation sites (N-methyl/N-ethyl adjacent to an activating group) is 1. The molecule has 0 saturated carbocycles. The van der Waals surface area contributed by atoms with E-state index >= 15 is 0 Å². The summed E-state index contributed by atoms with van der Waals surface area (Å²) in [7, 11) is 3.84. The van der Waals surface area contributed by atoms with Gasteiger partial charge in [0.2, 0.25) is 0 Å². The van der Waals surface area contributed by atoms with Crippen LogP contribution in [0.25, 0.3) is 11.4 Å². The first-order valence-corrected chi connectivity index (χ1v) is 21.1. The fraction of sp³-hybridized carbons (Fsp3) is 0.721. The third-order valence-electron chi connectivity index (χ3n) is 12.4. The van der Waals surface area contributed by atoms with Crippen molar-refractivity contribution in [2.45, 2.75) is 148 Å². The predicted octanol–water partition coefficient (Wildman–Crippen LogP) is 4.88. The summed E-state index contributed by atoms with van der Waals surface area (Å²) in [5.74, 6) is -2.98. The molecule has 58 heavy (non-hydrogen) atoms. The molecule has 1 amide bonds. The molecule has 5 rings (SSSR count). The molecule has 0 radical (unpaired) electrons. The average molecular weight is 810 g/mol. The largest absolute Gasteiger partial charge is 0.458 e. The molecule has 0 bridgehead atoms. The summed E-state index contributed by atoms with van der Waals surface area (Å²) in [5, 5.41) is 23.7. The second-order valence-corrected chi connectivity index (χ2v) is 17.2. The van der Waals surface area contributed by atoms with Crippen LogP contribution in [0.5, 0.6) is 0 Å². The molecule has 13 atom stereocenters. The van der Waals surface area contributed by atoms with Gasteiger partial charge in [-0.3, -0.25) is 24.2 Å². The number of hydrogen-bond acceptors (Lipinski definition) is 13. The standard InChI is InChI=1S/C43H67N7O8/c1-11-17-31-22-26(3)24-45-30(7)39-43(8,58-42(54)50(39)21-16-15-20-49-25-33(46-47-49)32-18-13-14-19-44-32)35(12-2)56-40(53)29(6)36(51)28(5)38(31)57-41-37(52)34(48(9)10)23-27(4)55-41/h11,13-14,18-19,25-31,34-35,37-39,41,45,52H,1,12,15-17,20-24H2,2-10H3/t26-,27-,28+,29-,30-,31+,34?,35-,37?,38-,39-,41+,43-/m1/s1. The maximum Gasteiger partial charge on any atom is 0.410 e. The normalized spacial score (nSPS) is 35.5. The van der Waals surface area contributed by atoms with Crippen LogP contribution >= 0.6 is 0 Å². The number of aryl methyl sites for hydroxylation is 1. The second-order valence-electron chi connectivity index (χ2n) is 17.2. The molecule has 2 aromatic rings. The van der Waals surface area contributed by atoms with E-state index in [1.54, 1.807) is 29.6 Å². The zero-order valence-electron chi connectivity index (χ0n) is 36.0. The summed E-state index contributed by atoms with van der Waals surface area (Å²) < 4.78 is 27.1. The van der Waals surface area contributed by atoms with Gasteiger partial charge in [-0.15, -0.1) is 11.7 Å². The Morgan fingerprint density at radius 1 is 1.09 bits per heavy atom. The fourth-order valence-corrected chi connectivity index (χ4v) is 9.22. The molecule has 3 aliphatic rings. The lowest BCUT2D eigenvalue weighted by Gasteiger charge is -2.44. The number of ketones is 1. The fourth-order valence-electron chi connectivity index (χ4n) is 9.22. The SMILES string of the molecule is C=CC[C@H]1C[C@@H](C)CN[C@H](C)[C@H]2N(CCCCn3cc(-c4ccccn4)nn3)C(=O)O[C@]2(C)[C@@H](CC)OC(=O)[C@H](C)C(=O)[C@H](C)[C@H]1O[C@@H]1O[C@H](C)CC(N(C)C)C1O. The van der Waals surface area contributed by atoms with Crippen LogP contribution in [0, 0.1) is 23.7 Å². The Labute approximate surface area is 344 Å². The van der Waals surface area contributed by atoms with Crippen LogP contribution in [0.1, 0.15) is 87.0 Å². The molecule has 15 heteroatoms. The molecule has 3 aliphatic heterocycles. The summed E-state index contributed by atoms with van der Waals surface area (Å²) >= 11 is 0. The van der Waals surface area contributed by atoms with E-state index in [1.807, 2.05) is 77.2 Å². The first-order valence-electron chi connectivity index (χ1n) is 21.1. The van der Waals surface area contributed by atoms with Gasteiger partial charge in [-0.2, -0.15) is 0 Å². The van der Waals surface area contributed by atoms with Crippen molar-refractivity contribution in [1.29, 1.82) is 0 Å². The smallest absolute Gasteiger partial charge is 0.410 e. The number of aliphatic hydroxyl groups excluding tert-OH is 1. The zero-order valence-corrected chi connectivity index (χ0v) is 36.0. The maximum atomic E-state index is 14.3. The quantitative estimate of drug-likeness (QED) is 0.129. The number of fused-ring (bicyclic) bond motifs is 1. The molecule has 0 aromatic carbocycles. The van der Waals surface area contributed by atoms with E-state index in [-0.39, 0.29) is 35.8 Å². The molecule has 3 saturated heterocycles. The Morgan fingerprint density at radius 3 is 2.50 bits per heavy atom. The van der Waals surface area contributed by atoms with Gasteiger partial charge in [-0.25, -0.2) is 4.79 Å². The van der Waals surface area contributed by atoms with Gasteiger partial charge < -0.3 is 34.3 Å². The molecule has 322 valence electrons. The number of carbonyl (C=O) groups excluding carboxylic acids is 3. The number of aliphatic hydroxyl groups is 1. The Morgan fingerprint density at radius 2 is 1.83 bits per heavy atom. The van der Waals surface area contributed by atoms with Crippen molar-refractivity contribution in [3.8, 4) is 11.4 Å². The summed E-state index contributed by atoms with van der Waals surface area (Å²) in [6.07, 6.45) is 4.94. The highest BCUT2D eigenvalue weighted by molar-refractivity contribution is 6.00. The molecule has 0 spiro atoms. The van der Waals surface area contributed by atoms with Gasteiger partial charge in [0, 0.05) is 37.3 Å². The Hall–Kier alpha value is -3.76. The summed E-state index contributed by atoms with van der Waals surface area (Å²) in [5.41, 5.74) is 0.234. The number of esters is 1. The molecule has 2 N–H and O–H groups in total. The van der Waals surface area contributed by atoms with E-state index < -0.39 is 60.1 Å². The maximum absolute atomic E-state index is 14.3. The Bertz CT molecular complexity index is 1680. The number of hydrogen-bond donors (Lipinski definition) is 2. The summed E-state index contributed by atoms with van der Waals surface area (Å²) in [6, 6.07) is 4.71. The average Bonchev–Trinajstić information content (AvgIpc) is 3.78. The zero-order chi connectivity index (χ0) is 42.3. The van der Waals surface area contributed by atoms with Crippen molar-refractivity contribution in [2.75, 3.05) is 27.2 Å². The predicted molar refractivity (Wildman–Crippen MR) is 218 cm³/mol. The first-order chi connectivity index (χ1) is 27.6. The molecule has 5 heterocycles. The molecular formula is C43H67N7O8. The van der Waals surface area contributed by atoms with Crippen molar-refractivity contribution >= 4 is 17.8 Å². The van der Waals surface area contributed by atoms with E-state index in [0.717, 1.165) is 12.1 Å². The van der Waals surface area contributed by atoms with Crippen molar-refractivity contribution in [3.05, 3.63) is 43.2 Å². The third-order valence-corrected chi connectivity index (χ3v) is 12.4. The minimum atomic E-state index is -1.21. The van der Waals surface area contributed by atoms with Gasteiger partial charge in [0.1, 0.15) is 23.8 Å². The number of cyclic esters (lactones) is 1. The van der Waals surface area contributed by atoms with Gasteiger partial charge >= 0.3 is 12.1 Å². The van der Waals surface area contributed by atoms with E-state index in [9.17, 15) is 19.5 Å². The first kappa shape index (κ1) is 45.3. The van der Waals surface area contributed by atoms with Crippen LogP contribution in [0.4, 0.5) is 4.79 Å².